The molecular weight excluding hydrogens is 425 g/mol. The molecule has 1 fully saturated rings. The van der Waals surface area contributed by atoms with Gasteiger partial charge in [-0.15, -0.1) is 0 Å². The van der Waals surface area contributed by atoms with Crippen LogP contribution < -0.4 is 9.03 Å². The second-order valence-corrected chi connectivity index (χ2v) is 9.40. The Morgan fingerprint density at radius 1 is 0.968 bits per heavy atom. The molecule has 3 aromatic carbocycles. The van der Waals surface area contributed by atoms with E-state index in [1.54, 1.807) is 12.3 Å². The van der Waals surface area contributed by atoms with Crippen molar-refractivity contribution in [3.63, 3.8) is 0 Å². The Bertz CT molecular complexity index is 1190. The lowest BCUT2D eigenvalue weighted by Gasteiger charge is -2.27. The number of hydrogen-bond acceptors (Lipinski definition) is 5. The van der Waals surface area contributed by atoms with Gasteiger partial charge >= 0.3 is 0 Å². The first-order valence-corrected chi connectivity index (χ1v) is 12.1. The Kier molecular flexibility index (Phi) is 6.00. The van der Waals surface area contributed by atoms with Crippen LogP contribution in [0.25, 0.3) is 22.0 Å². The Morgan fingerprint density at radius 2 is 1.84 bits per heavy atom. The fraction of sp³-hybridized carbons (Fsp3) is 0.160. The largest absolute Gasteiger partial charge is 0.326 e. The molecule has 0 atom stereocenters. The number of nitrogens with one attached hydrogen (secondary N) is 1. The highest BCUT2D eigenvalue weighted by atomic mass is 32.2. The van der Waals surface area contributed by atoms with E-state index in [-0.39, 0.29) is 5.82 Å². The molecule has 5 rings (SSSR count). The number of anilines is 2. The second-order valence-electron chi connectivity index (χ2n) is 7.42. The van der Waals surface area contributed by atoms with E-state index in [9.17, 15) is 4.39 Å². The van der Waals surface area contributed by atoms with Crippen molar-refractivity contribution in [2.75, 3.05) is 21.3 Å². The van der Waals surface area contributed by atoms with Gasteiger partial charge < -0.3 is 9.03 Å². The van der Waals surface area contributed by atoms with Gasteiger partial charge in [-0.1, -0.05) is 24.3 Å². The predicted molar refractivity (Wildman–Crippen MR) is 132 cm³/mol. The molecule has 1 aliphatic rings. The van der Waals surface area contributed by atoms with E-state index >= 15 is 0 Å². The van der Waals surface area contributed by atoms with Crippen molar-refractivity contribution in [1.82, 2.24) is 4.98 Å². The summed E-state index contributed by atoms with van der Waals surface area (Å²) in [5, 5.41) is 1.99. The Hall–Kier alpha value is -2.70. The highest BCUT2D eigenvalue weighted by Gasteiger charge is 2.13. The molecule has 0 amide bonds. The highest BCUT2D eigenvalue weighted by molar-refractivity contribution is 8.00. The molecule has 1 aliphatic heterocycles. The number of benzene rings is 3. The van der Waals surface area contributed by atoms with E-state index < -0.39 is 0 Å². The maximum atomic E-state index is 14.7. The molecule has 31 heavy (non-hydrogen) atoms. The van der Waals surface area contributed by atoms with E-state index in [0.717, 1.165) is 27.9 Å². The molecule has 156 valence electrons. The quantitative estimate of drug-likeness (QED) is 0.322. The van der Waals surface area contributed by atoms with Crippen LogP contribution in [0.15, 0.2) is 83.9 Å². The molecule has 4 aromatic rings. The Labute approximate surface area is 190 Å². The fourth-order valence-corrected chi connectivity index (χ4v) is 5.42. The van der Waals surface area contributed by atoms with Crippen molar-refractivity contribution in [2.45, 2.75) is 17.7 Å². The molecule has 1 saturated heterocycles. The summed E-state index contributed by atoms with van der Waals surface area (Å²) in [5.41, 5.74) is 3.25. The summed E-state index contributed by atoms with van der Waals surface area (Å²) in [6, 6.07) is 23.5. The molecule has 2 heterocycles. The van der Waals surface area contributed by atoms with Crippen LogP contribution in [0.1, 0.15) is 12.8 Å². The molecule has 1 N–H and O–H groups in total. The monoisotopic (exact) mass is 447 g/mol. The summed E-state index contributed by atoms with van der Waals surface area (Å²) in [6.45, 7) is 1.11. The maximum Gasteiger partial charge on any atom is 0.132 e. The minimum Gasteiger partial charge on any atom is -0.326 e. The number of aromatic nitrogens is 1. The van der Waals surface area contributed by atoms with E-state index in [1.165, 1.54) is 42.3 Å². The zero-order valence-corrected chi connectivity index (χ0v) is 18.6. The number of pyridine rings is 1. The summed E-state index contributed by atoms with van der Waals surface area (Å²) in [5.74, 6) is 0.916. The molecule has 0 saturated carbocycles. The third-order valence-electron chi connectivity index (χ3n) is 5.31. The lowest BCUT2D eigenvalue weighted by Crippen LogP contribution is -2.20. The lowest BCUT2D eigenvalue weighted by molar-refractivity contribution is 0.631. The van der Waals surface area contributed by atoms with Crippen molar-refractivity contribution in [1.29, 1.82) is 0 Å². The molecule has 0 aliphatic carbocycles. The van der Waals surface area contributed by atoms with Crippen LogP contribution in [0, 0.1) is 5.82 Å². The SMILES string of the molecule is Fc1ccc(NSc2ccc(N3CCCCS3)cc2)cc1-c1nccc2ccccc12. The molecule has 0 unspecified atom stereocenters. The van der Waals surface area contributed by atoms with Crippen molar-refractivity contribution in [3.8, 4) is 11.3 Å². The van der Waals surface area contributed by atoms with Gasteiger partial charge in [0.15, 0.2) is 0 Å². The smallest absolute Gasteiger partial charge is 0.132 e. The number of nitrogens with zero attached hydrogens (tertiary/aromatic N) is 2. The van der Waals surface area contributed by atoms with E-state index in [0.29, 0.717) is 11.3 Å². The van der Waals surface area contributed by atoms with E-state index in [2.05, 4.69) is 38.3 Å². The first kappa shape index (κ1) is 20.2. The third kappa shape index (κ3) is 4.50. The van der Waals surface area contributed by atoms with Crippen LogP contribution in [0.3, 0.4) is 0 Å². The van der Waals surface area contributed by atoms with Crippen molar-refractivity contribution < 1.29 is 4.39 Å². The first-order chi connectivity index (χ1) is 15.3. The van der Waals surface area contributed by atoms with Gasteiger partial charge in [0.25, 0.3) is 0 Å². The lowest BCUT2D eigenvalue weighted by atomic mass is 10.0. The number of halogens is 1. The average Bonchev–Trinajstić information content (AvgIpc) is 2.84. The van der Waals surface area contributed by atoms with Crippen LogP contribution in [0.5, 0.6) is 0 Å². The van der Waals surface area contributed by atoms with Crippen LogP contribution in [0.4, 0.5) is 15.8 Å². The predicted octanol–water partition coefficient (Wildman–Crippen LogP) is 7.41. The summed E-state index contributed by atoms with van der Waals surface area (Å²) >= 11 is 3.43. The molecule has 0 spiro atoms. The average molecular weight is 448 g/mol. The zero-order chi connectivity index (χ0) is 21.0. The standard InChI is InChI=1S/C25H22FN3S2/c26-24-12-7-19(17-23(24)25-22-6-2-1-5-18(22)13-14-27-25)28-31-21-10-8-20(9-11-21)29-15-3-4-16-30-29/h1-2,5-14,17,28H,3-4,15-16H2. The van der Waals surface area contributed by atoms with E-state index in [4.69, 9.17) is 0 Å². The number of fused-ring (bicyclic) bond motifs is 1. The van der Waals surface area contributed by atoms with Gasteiger partial charge in [-0.05, 0) is 90.7 Å². The van der Waals surface area contributed by atoms with Gasteiger partial charge in [0, 0.05) is 45.7 Å². The summed E-state index contributed by atoms with van der Waals surface area (Å²) in [6.07, 6.45) is 4.28. The molecule has 3 nitrogen and oxygen atoms in total. The highest BCUT2D eigenvalue weighted by Crippen LogP contribution is 2.33. The number of rotatable bonds is 5. The summed E-state index contributed by atoms with van der Waals surface area (Å²) in [7, 11) is 0. The first-order valence-electron chi connectivity index (χ1n) is 10.3. The molecule has 1 aromatic heterocycles. The molecule has 0 radical (unpaired) electrons. The van der Waals surface area contributed by atoms with Gasteiger partial charge in [-0.2, -0.15) is 0 Å². The molecule has 6 heteroatoms. The number of hydrogen-bond donors (Lipinski definition) is 1. The molecule has 0 bridgehead atoms. The van der Waals surface area contributed by atoms with Crippen molar-refractivity contribution in [3.05, 3.63) is 84.8 Å². The minimum absolute atomic E-state index is 0.275. The summed E-state index contributed by atoms with van der Waals surface area (Å²) < 4.78 is 20.4. The second kappa shape index (κ2) is 9.20. The van der Waals surface area contributed by atoms with Gasteiger partial charge in [0.2, 0.25) is 0 Å². The van der Waals surface area contributed by atoms with Crippen molar-refractivity contribution >= 4 is 46.0 Å². The van der Waals surface area contributed by atoms with Gasteiger partial charge in [0.1, 0.15) is 5.82 Å². The van der Waals surface area contributed by atoms with Crippen LogP contribution in [0.2, 0.25) is 0 Å². The van der Waals surface area contributed by atoms with Gasteiger partial charge in [0.05, 0.1) is 5.69 Å². The van der Waals surface area contributed by atoms with Gasteiger partial charge in [-0.3, -0.25) is 4.98 Å². The van der Waals surface area contributed by atoms with Crippen molar-refractivity contribution in [2.24, 2.45) is 0 Å². The molecular formula is C25H22FN3S2. The fourth-order valence-electron chi connectivity index (χ4n) is 3.70. The van der Waals surface area contributed by atoms with E-state index in [1.807, 2.05) is 48.3 Å². The van der Waals surface area contributed by atoms with Crippen LogP contribution in [-0.4, -0.2) is 17.3 Å². The summed E-state index contributed by atoms with van der Waals surface area (Å²) in [4.78, 5) is 5.58. The minimum atomic E-state index is -0.275. The van der Waals surface area contributed by atoms with Crippen LogP contribution >= 0.6 is 23.9 Å². The Morgan fingerprint density at radius 3 is 2.68 bits per heavy atom. The maximum absolute atomic E-state index is 14.7. The van der Waals surface area contributed by atoms with Gasteiger partial charge in [-0.25, -0.2) is 4.39 Å². The Balaban J connectivity index is 1.34. The third-order valence-corrected chi connectivity index (χ3v) is 7.33. The van der Waals surface area contributed by atoms with Crippen LogP contribution in [-0.2, 0) is 0 Å². The topological polar surface area (TPSA) is 28.2 Å². The zero-order valence-electron chi connectivity index (χ0n) is 16.9. The normalized spacial score (nSPS) is 14.0.